The van der Waals surface area contributed by atoms with Gasteiger partial charge >= 0.3 is 0 Å². The first kappa shape index (κ1) is 36.9. The third-order valence-corrected chi connectivity index (χ3v) is 13.9. The Labute approximate surface area is 318 Å². The molecule has 2 amide bonds. The van der Waals surface area contributed by atoms with Crippen LogP contribution in [-0.4, -0.2) is 83.2 Å². The molecule has 3 fully saturated rings. The molecule has 54 heavy (non-hydrogen) atoms. The molecule has 2 aliphatic heterocycles. The molecule has 0 bridgehead atoms. The van der Waals surface area contributed by atoms with Crippen molar-refractivity contribution >= 4 is 43.9 Å². The van der Waals surface area contributed by atoms with Crippen LogP contribution in [0.2, 0.25) is 0 Å². The average Bonchev–Trinajstić information content (AvgIpc) is 3.63. The van der Waals surface area contributed by atoms with E-state index in [0.29, 0.717) is 37.5 Å². The highest BCUT2D eigenvalue weighted by molar-refractivity contribution is 7.90. The summed E-state index contributed by atoms with van der Waals surface area (Å²) in [5.41, 5.74) is 8.28. The number of rotatable bonds is 8. The van der Waals surface area contributed by atoms with Gasteiger partial charge in [-0.05, 0) is 94.6 Å². The monoisotopic (exact) mass is 755 g/mol. The van der Waals surface area contributed by atoms with E-state index in [1.807, 2.05) is 30.9 Å². The zero-order valence-corrected chi connectivity index (χ0v) is 33.0. The van der Waals surface area contributed by atoms with Gasteiger partial charge < -0.3 is 18.9 Å². The Kier molecular flexibility index (Phi) is 9.98. The van der Waals surface area contributed by atoms with Gasteiger partial charge in [0.05, 0.1) is 59.3 Å². The zero-order valence-electron chi connectivity index (χ0n) is 32.1. The van der Waals surface area contributed by atoms with Crippen molar-refractivity contribution in [3.05, 3.63) is 76.3 Å². The molecule has 1 unspecified atom stereocenters. The SMILES string of the molecule is COC1C=CC2=C(C=C(c3c(C(=O)N4C[C@@H](C)O[C@@H](C)C4)cnn3C3CCC3)Cn3c2c(C2CCCCC2)c2ccc(C(=O)NS(=O)(=O)C(C)C)cc23)C1. The fraction of sp³-hybridized carbons (Fsp3) is 0.548. The summed E-state index contributed by atoms with van der Waals surface area (Å²) < 4.78 is 44.2. The summed E-state index contributed by atoms with van der Waals surface area (Å²) in [5, 5.41) is 5.27. The van der Waals surface area contributed by atoms with Gasteiger partial charge in [0.2, 0.25) is 10.0 Å². The lowest BCUT2D eigenvalue weighted by Gasteiger charge is -2.35. The Morgan fingerprint density at radius 2 is 1.74 bits per heavy atom. The molecule has 3 atom stereocenters. The molecule has 1 aromatic carbocycles. The maximum Gasteiger partial charge on any atom is 0.264 e. The second-order valence-electron chi connectivity index (χ2n) is 16.3. The highest BCUT2D eigenvalue weighted by atomic mass is 32.2. The summed E-state index contributed by atoms with van der Waals surface area (Å²) in [7, 11) is -2.09. The molecule has 2 aromatic heterocycles. The van der Waals surface area contributed by atoms with Crippen molar-refractivity contribution in [2.75, 3.05) is 20.2 Å². The summed E-state index contributed by atoms with van der Waals surface area (Å²) in [6.07, 6.45) is 17.6. The number of nitrogens with zero attached hydrogens (tertiary/aromatic N) is 4. The molecule has 2 saturated carbocycles. The van der Waals surface area contributed by atoms with Crippen LogP contribution in [0.1, 0.15) is 135 Å². The lowest BCUT2D eigenvalue weighted by Crippen LogP contribution is -2.48. The Balaban J connectivity index is 1.33. The number of morpholine rings is 1. The van der Waals surface area contributed by atoms with E-state index in [4.69, 9.17) is 14.6 Å². The van der Waals surface area contributed by atoms with Crippen LogP contribution in [0.15, 0.2) is 48.2 Å². The number of hydrogen-bond donors (Lipinski definition) is 1. The molecule has 5 aliphatic rings. The first-order chi connectivity index (χ1) is 25.9. The Morgan fingerprint density at radius 1 is 1.00 bits per heavy atom. The van der Waals surface area contributed by atoms with Gasteiger partial charge in [-0.1, -0.05) is 43.6 Å². The van der Waals surface area contributed by atoms with Crippen LogP contribution in [0.3, 0.4) is 0 Å². The molecule has 8 rings (SSSR count). The summed E-state index contributed by atoms with van der Waals surface area (Å²) in [5.74, 6) is -0.346. The molecule has 0 radical (unpaired) electrons. The van der Waals surface area contributed by atoms with Crippen molar-refractivity contribution in [3.63, 3.8) is 0 Å². The third-order valence-electron chi connectivity index (χ3n) is 12.2. The lowest BCUT2D eigenvalue weighted by molar-refractivity contribution is -0.0586. The Bertz CT molecular complexity index is 2170. The fourth-order valence-electron chi connectivity index (χ4n) is 9.15. The van der Waals surface area contributed by atoms with Crippen molar-refractivity contribution in [2.45, 2.75) is 128 Å². The number of carbonyl (C=O) groups excluding carboxylic acids is 2. The summed E-state index contributed by atoms with van der Waals surface area (Å²) in [6.45, 7) is 8.60. The smallest absolute Gasteiger partial charge is 0.264 e. The minimum atomic E-state index is -3.83. The Morgan fingerprint density at radius 3 is 2.41 bits per heavy atom. The van der Waals surface area contributed by atoms with Gasteiger partial charge in [0.1, 0.15) is 0 Å². The molecule has 12 heteroatoms. The van der Waals surface area contributed by atoms with E-state index >= 15 is 0 Å². The summed E-state index contributed by atoms with van der Waals surface area (Å²) in [6, 6.07) is 5.84. The van der Waals surface area contributed by atoms with Gasteiger partial charge in [0, 0.05) is 48.7 Å². The molecule has 4 heterocycles. The van der Waals surface area contributed by atoms with E-state index in [0.717, 1.165) is 84.0 Å². The number of hydrogen-bond acceptors (Lipinski definition) is 7. The molecule has 1 saturated heterocycles. The zero-order chi connectivity index (χ0) is 37.9. The highest BCUT2D eigenvalue weighted by Gasteiger charge is 2.36. The van der Waals surface area contributed by atoms with Crippen LogP contribution < -0.4 is 4.72 Å². The minimum Gasteiger partial charge on any atom is -0.377 e. The van der Waals surface area contributed by atoms with Crippen molar-refractivity contribution in [1.29, 1.82) is 0 Å². The lowest BCUT2D eigenvalue weighted by atomic mass is 9.80. The van der Waals surface area contributed by atoms with Crippen LogP contribution in [0.25, 0.3) is 22.0 Å². The summed E-state index contributed by atoms with van der Waals surface area (Å²) in [4.78, 5) is 30.0. The number of benzene rings is 1. The molecule has 288 valence electrons. The standard InChI is InChI=1S/C42H53N5O6S/c1-25(2)54(50,51)44-41(48)29-14-16-35-37(20-29)46-24-31(18-30-19-33(52-5)15-17-34(30)40(46)38(35)28-10-7-6-8-11-28)39-36(21-43-47(39)32-12-9-13-32)42(49)45-22-26(3)53-27(4)23-45/h14-18,20-21,25-28,32-33H,6-13,19,22-24H2,1-5H3,(H,44,48)/t26-,27+,33?. The number of sulfonamides is 1. The fourth-order valence-corrected chi connectivity index (χ4v) is 9.76. The maximum atomic E-state index is 14.6. The second-order valence-corrected chi connectivity index (χ2v) is 18.5. The van der Waals surface area contributed by atoms with Crippen LogP contribution >= 0.6 is 0 Å². The van der Waals surface area contributed by atoms with E-state index in [1.165, 1.54) is 12.0 Å². The number of allylic oxidation sites excluding steroid dienone is 4. The minimum absolute atomic E-state index is 0.0407. The van der Waals surface area contributed by atoms with Gasteiger partial charge in [-0.25, -0.2) is 13.1 Å². The molecular formula is C42H53N5O6S. The predicted molar refractivity (Wildman–Crippen MR) is 210 cm³/mol. The third kappa shape index (κ3) is 6.68. The van der Waals surface area contributed by atoms with Crippen LogP contribution in [-0.2, 0) is 26.0 Å². The molecule has 1 N–H and O–H groups in total. The van der Waals surface area contributed by atoms with E-state index in [2.05, 4.69) is 32.2 Å². The molecule has 3 aliphatic carbocycles. The normalized spacial score (nSPS) is 23.9. The molecule has 11 nitrogen and oxygen atoms in total. The highest BCUT2D eigenvalue weighted by Crippen LogP contribution is 2.48. The number of aromatic nitrogens is 3. The average molecular weight is 756 g/mol. The number of fused-ring (bicyclic) bond motifs is 4. The number of nitrogens with one attached hydrogen (secondary N) is 1. The van der Waals surface area contributed by atoms with Crippen molar-refractivity contribution in [1.82, 2.24) is 24.0 Å². The van der Waals surface area contributed by atoms with Gasteiger partial charge in [0.25, 0.3) is 11.8 Å². The molecule has 0 spiro atoms. The maximum absolute atomic E-state index is 14.6. The number of methoxy groups -OCH3 is 1. The molecule has 3 aromatic rings. The summed E-state index contributed by atoms with van der Waals surface area (Å²) >= 11 is 0. The van der Waals surface area contributed by atoms with Gasteiger partial charge in [-0.2, -0.15) is 5.10 Å². The second kappa shape index (κ2) is 14.6. The van der Waals surface area contributed by atoms with Gasteiger partial charge in [-0.3, -0.25) is 14.3 Å². The predicted octanol–water partition coefficient (Wildman–Crippen LogP) is 7.15. The first-order valence-electron chi connectivity index (χ1n) is 19.8. The Hall–Kier alpha value is -4.00. The largest absolute Gasteiger partial charge is 0.377 e. The van der Waals surface area contributed by atoms with E-state index in [1.54, 1.807) is 33.2 Å². The van der Waals surface area contributed by atoms with Crippen molar-refractivity contribution in [2.24, 2.45) is 0 Å². The quantitative estimate of drug-likeness (QED) is 0.259. The van der Waals surface area contributed by atoms with Crippen molar-refractivity contribution < 1.29 is 27.5 Å². The topological polar surface area (TPSA) is 125 Å². The first-order valence-corrected chi connectivity index (χ1v) is 21.4. The van der Waals surface area contributed by atoms with Crippen molar-refractivity contribution in [3.8, 4) is 0 Å². The number of ether oxygens (including phenoxy) is 2. The van der Waals surface area contributed by atoms with Crippen LogP contribution in [0.5, 0.6) is 0 Å². The molecular weight excluding hydrogens is 703 g/mol. The van der Waals surface area contributed by atoms with Crippen LogP contribution in [0, 0.1) is 0 Å². The van der Waals surface area contributed by atoms with E-state index in [9.17, 15) is 18.0 Å². The van der Waals surface area contributed by atoms with Gasteiger partial charge in [0.15, 0.2) is 0 Å². The van der Waals surface area contributed by atoms with E-state index in [-0.39, 0.29) is 35.8 Å². The van der Waals surface area contributed by atoms with E-state index < -0.39 is 21.2 Å². The number of carbonyl (C=O) groups is 2. The van der Waals surface area contributed by atoms with Crippen LogP contribution in [0.4, 0.5) is 0 Å². The van der Waals surface area contributed by atoms with Gasteiger partial charge in [-0.15, -0.1) is 0 Å². The number of amides is 2.